The zero-order chi connectivity index (χ0) is 22.2. The molecule has 4 rings (SSSR count). The summed E-state index contributed by atoms with van der Waals surface area (Å²) in [5, 5.41) is 13.5. The second-order valence-corrected chi connectivity index (χ2v) is 6.62. The predicted octanol–water partition coefficient (Wildman–Crippen LogP) is 5.41. The Labute approximate surface area is 172 Å². The van der Waals surface area contributed by atoms with Gasteiger partial charge in [0.25, 0.3) is 11.6 Å². The van der Waals surface area contributed by atoms with Crippen LogP contribution in [0.2, 0.25) is 0 Å². The number of amides is 1. The Kier molecular flexibility index (Phi) is 4.90. The number of nitrogens with one attached hydrogen (secondary N) is 2. The van der Waals surface area contributed by atoms with Crippen LogP contribution >= 0.6 is 0 Å². The fraction of sp³-hybridized carbons (Fsp3) is 0.0476. The van der Waals surface area contributed by atoms with Gasteiger partial charge in [0.05, 0.1) is 21.5 Å². The quantitative estimate of drug-likeness (QED) is 0.337. The molecule has 0 aliphatic carbocycles. The summed E-state index contributed by atoms with van der Waals surface area (Å²) in [6.45, 7) is 0. The van der Waals surface area contributed by atoms with Gasteiger partial charge in [0.1, 0.15) is 0 Å². The summed E-state index contributed by atoms with van der Waals surface area (Å²) in [4.78, 5) is 29.7. The molecule has 10 heteroatoms. The number of carbonyl (C=O) groups excluding carboxylic acids is 1. The van der Waals surface area contributed by atoms with Crippen LogP contribution in [0, 0.1) is 10.1 Å². The van der Waals surface area contributed by atoms with Gasteiger partial charge < -0.3 is 10.3 Å². The van der Waals surface area contributed by atoms with Crippen molar-refractivity contribution in [1.29, 1.82) is 0 Å². The molecule has 0 saturated heterocycles. The monoisotopic (exact) mass is 426 g/mol. The fourth-order valence-electron chi connectivity index (χ4n) is 3.15. The predicted molar refractivity (Wildman–Crippen MR) is 108 cm³/mol. The zero-order valence-electron chi connectivity index (χ0n) is 15.6. The lowest BCUT2D eigenvalue weighted by Gasteiger charge is -2.13. The first kappa shape index (κ1) is 20.1. The number of H-pyrrole nitrogens is 1. The summed E-state index contributed by atoms with van der Waals surface area (Å²) < 4.78 is 40.0. The number of imidazole rings is 1. The van der Waals surface area contributed by atoms with Gasteiger partial charge >= 0.3 is 6.18 Å². The van der Waals surface area contributed by atoms with E-state index in [4.69, 9.17) is 0 Å². The third-order valence-electron chi connectivity index (χ3n) is 4.56. The Morgan fingerprint density at radius 1 is 1.03 bits per heavy atom. The van der Waals surface area contributed by atoms with E-state index in [1.165, 1.54) is 60.7 Å². The van der Waals surface area contributed by atoms with Crippen LogP contribution in [0.25, 0.3) is 22.2 Å². The average Bonchev–Trinajstić information content (AvgIpc) is 3.17. The number of nitro groups is 1. The number of halogens is 3. The Balaban J connectivity index is 1.62. The molecule has 1 heterocycles. The first-order valence-corrected chi connectivity index (χ1v) is 8.94. The Morgan fingerprint density at radius 3 is 2.55 bits per heavy atom. The summed E-state index contributed by atoms with van der Waals surface area (Å²) in [6, 6.07) is 15.1. The number of alkyl halides is 3. The van der Waals surface area contributed by atoms with E-state index in [1.54, 1.807) is 0 Å². The number of aromatic amines is 1. The fourth-order valence-corrected chi connectivity index (χ4v) is 3.15. The standard InChI is InChI=1S/C21H13F3N4O3/c22-21(23,24)16-7-2-1-6-15(16)12-4-3-5-13(10-12)25-20(29)19-26-17-9-8-14(28(30)31)11-18(17)27-19/h1-11H,(H,25,29)(H,26,27). The summed E-state index contributed by atoms with van der Waals surface area (Å²) in [5.74, 6) is -0.725. The van der Waals surface area contributed by atoms with Gasteiger partial charge in [-0.3, -0.25) is 14.9 Å². The van der Waals surface area contributed by atoms with E-state index in [0.717, 1.165) is 6.07 Å². The van der Waals surface area contributed by atoms with Crippen molar-refractivity contribution >= 4 is 28.3 Å². The summed E-state index contributed by atoms with van der Waals surface area (Å²) in [5.41, 5.74) is 0.272. The van der Waals surface area contributed by atoms with Crippen molar-refractivity contribution in [2.75, 3.05) is 5.32 Å². The Hall–Kier alpha value is -4.21. The highest BCUT2D eigenvalue weighted by Crippen LogP contribution is 2.37. The number of anilines is 1. The number of fused-ring (bicyclic) bond motifs is 1. The number of carbonyl (C=O) groups is 1. The van der Waals surface area contributed by atoms with Crippen molar-refractivity contribution in [3.8, 4) is 11.1 Å². The maximum Gasteiger partial charge on any atom is 0.417 e. The van der Waals surface area contributed by atoms with E-state index in [9.17, 15) is 28.1 Å². The van der Waals surface area contributed by atoms with Crippen LogP contribution in [-0.2, 0) is 6.18 Å². The molecule has 2 N–H and O–H groups in total. The second-order valence-electron chi connectivity index (χ2n) is 6.62. The molecule has 4 aromatic rings. The van der Waals surface area contributed by atoms with E-state index in [-0.39, 0.29) is 33.8 Å². The molecule has 0 atom stereocenters. The molecule has 1 amide bonds. The van der Waals surface area contributed by atoms with E-state index in [1.807, 2.05) is 0 Å². The van der Waals surface area contributed by atoms with Gasteiger partial charge in [-0.1, -0.05) is 30.3 Å². The molecule has 3 aromatic carbocycles. The maximum absolute atomic E-state index is 13.3. The lowest BCUT2D eigenvalue weighted by Crippen LogP contribution is -2.13. The van der Waals surface area contributed by atoms with Crippen LogP contribution < -0.4 is 5.32 Å². The van der Waals surface area contributed by atoms with E-state index >= 15 is 0 Å². The van der Waals surface area contributed by atoms with Crippen LogP contribution in [0.3, 0.4) is 0 Å². The smallest absolute Gasteiger partial charge is 0.334 e. The lowest BCUT2D eigenvalue weighted by molar-refractivity contribution is -0.384. The van der Waals surface area contributed by atoms with Gasteiger partial charge in [-0.05, 0) is 35.4 Å². The minimum absolute atomic E-state index is 0.0119. The molecule has 31 heavy (non-hydrogen) atoms. The van der Waals surface area contributed by atoms with E-state index in [0.29, 0.717) is 5.52 Å². The minimum atomic E-state index is -4.52. The second kappa shape index (κ2) is 7.56. The third-order valence-corrected chi connectivity index (χ3v) is 4.56. The molecule has 1 aromatic heterocycles. The van der Waals surface area contributed by atoms with Crippen LogP contribution in [0.4, 0.5) is 24.5 Å². The van der Waals surface area contributed by atoms with Crippen molar-refractivity contribution in [3.63, 3.8) is 0 Å². The number of nitrogens with zero attached hydrogens (tertiary/aromatic N) is 2. The number of non-ortho nitro benzene ring substituents is 1. The highest BCUT2D eigenvalue weighted by Gasteiger charge is 2.33. The van der Waals surface area contributed by atoms with Crippen LogP contribution in [0.5, 0.6) is 0 Å². The van der Waals surface area contributed by atoms with Gasteiger partial charge in [-0.15, -0.1) is 0 Å². The molecule has 0 aliphatic heterocycles. The Bertz CT molecular complexity index is 1310. The number of rotatable bonds is 4. The van der Waals surface area contributed by atoms with E-state index in [2.05, 4.69) is 15.3 Å². The highest BCUT2D eigenvalue weighted by molar-refractivity contribution is 6.03. The van der Waals surface area contributed by atoms with Crippen molar-refractivity contribution in [2.24, 2.45) is 0 Å². The maximum atomic E-state index is 13.3. The minimum Gasteiger partial charge on any atom is -0.334 e. The molecular weight excluding hydrogens is 413 g/mol. The van der Waals surface area contributed by atoms with Crippen LogP contribution in [-0.4, -0.2) is 20.8 Å². The molecule has 0 unspecified atom stereocenters. The van der Waals surface area contributed by atoms with E-state index < -0.39 is 22.6 Å². The third kappa shape index (κ3) is 4.08. The lowest BCUT2D eigenvalue weighted by atomic mass is 9.99. The molecule has 0 radical (unpaired) electrons. The zero-order valence-corrected chi connectivity index (χ0v) is 15.6. The number of hydrogen-bond acceptors (Lipinski definition) is 4. The average molecular weight is 426 g/mol. The first-order valence-electron chi connectivity index (χ1n) is 8.94. The number of benzene rings is 3. The molecule has 0 bridgehead atoms. The van der Waals surface area contributed by atoms with Gasteiger partial charge in [-0.2, -0.15) is 13.2 Å². The van der Waals surface area contributed by atoms with Crippen molar-refractivity contribution in [2.45, 2.75) is 6.18 Å². The molecule has 7 nitrogen and oxygen atoms in total. The summed E-state index contributed by atoms with van der Waals surface area (Å²) in [6.07, 6.45) is -4.52. The van der Waals surface area contributed by atoms with Crippen molar-refractivity contribution in [1.82, 2.24) is 9.97 Å². The normalized spacial score (nSPS) is 11.5. The van der Waals surface area contributed by atoms with Crippen LogP contribution in [0.15, 0.2) is 66.7 Å². The van der Waals surface area contributed by atoms with Crippen molar-refractivity contribution in [3.05, 3.63) is 88.2 Å². The largest absolute Gasteiger partial charge is 0.417 e. The molecule has 156 valence electrons. The van der Waals surface area contributed by atoms with Gasteiger partial charge in [0.2, 0.25) is 0 Å². The molecular formula is C21H13F3N4O3. The summed E-state index contributed by atoms with van der Waals surface area (Å²) >= 11 is 0. The SMILES string of the molecule is O=C(Nc1cccc(-c2ccccc2C(F)(F)F)c1)c1nc2cc([N+](=O)[O-])ccc2[nH]1. The number of aromatic nitrogens is 2. The number of hydrogen-bond donors (Lipinski definition) is 2. The van der Waals surface area contributed by atoms with Crippen LogP contribution in [0.1, 0.15) is 16.2 Å². The summed E-state index contributed by atoms with van der Waals surface area (Å²) in [7, 11) is 0. The Morgan fingerprint density at radius 2 is 1.81 bits per heavy atom. The molecule has 0 fully saturated rings. The van der Waals surface area contributed by atoms with Crippen molar-refractivity contribution < 1.29 is 22.9 Å². The first-order chi connectivity index (χ1) is 14.7. The van der Waals surface area contributed by atoms with Gasteiger partial charge in [0.15, 0.2) is 5.82 Å². The molecule has 0 spiro atoms. The highest BCUT2D eigenvalue weighted by atomic mass is 19.4. The van der Waals surface area contributed by atoms with Gasteiger partial charge in [0, 0.05) is 17.8 Å². The topological polar surface area (TPSA) is 101 Å². The molecule has 0 saturated carbocycles. The van der Waals surface area contributed by atoms with Gasteiger partial charge in [-0.25, -0.2) is 4.98 Å². The molecule has 0 aliphatic rings. The number of nitro benzene ring substituents is 1.